The fourth-order valence-electron chi connectivity index (χ4n) is 1.52. The van der Waals surface area contributed by atoms with E-state index in [4.69, 9.17) is 9.84 Å². The van der Waals surface area contributed by atoms with Crippen LogP contribution in [0.5, 0.6) is 0 Å². The van der Waals surface area contributed by atoms with Gasteiger partial charge in [0.05, 0.1) is 18.2 Å². The molecule has 0 bridgehead atoms. The molecule has 0 saturated carbocycles. The number of aromatic nitrogens is 1. The van der Waals surface area contributed by atoms with Crippen molar-refractivity contribution in [2.75, 3.05) is 0 Å². The lowest BCUT2D eigenvalue weighted by Gasteiger charge is -2.23. The predicted molar refractivity (Wildman–Crippen MR) is 84.0 cm³/mol. The largest absolute Gasteiger partial charge is 0.481 e. The molecule has 6 nitrogen and oxygen atoms in total. The lowest BCUT2D eigenvalue weighted by molar-refractivity contribution is -0.137. The third-order valence-electron chi connectivity index (χ3n) is 2.24. The molecule has 21 heavy (non-hydrogen) atoms. The number of carboxylic acids is 1. The van der Waals surface area contributed by atoms with Crippen LogP contribution in [0.25, 0.3) is 0 Å². The van der Waals surface area contributed by atoms with Crippen molar-refractivity contribution >= 4 is 43.9 Å². The van der Waals surface area contributed by atoms with Crippen LogP contribution in [0.1, 0.15) is 38.9 Å². The monoisotopic (exact) mass is 422 g/mol. The molecule has 0 aromatic carbocycles. The molecular formula is C13H16Br2N2O4. The van der Waals surface area contributed by atoms with Crippen molar-refractivity contribution in [3.8, 4) is 0 Å². The summed E-state index contributed by atoms with van der Waals surface area (Å²) in [4.78, 5) is 27.0. The normalized spacial score (nSPS) is 12.6. The van der Waals surface area contributed by atoms with Crippen LogP contribution in [0.3, 0.4) is 0 Å². The number of pyridine rings is 1. The Morgan fingerprint density at radius 3 is 2.52 bits per heavy atom. The second kappa shape index (κ2) is 7.22. The number of hydrogen-bond donors (Lipinski definition) is 2. The summed E-state index contributed by atoms with van der Waals surface area (Å²) in [6.07, 6.45) is 0.545. The fourth-order valence-corrected chi connectivity index (χ4v) is 2.79. The average molecular weight is 424 g/mol. The third-order valence-corrected chi connectivity index (χ3v) is 3.30. The van der Waals surface area contributed by atoms with Crippen molar-refractivity contribution in [3.05, 3.63) is 26.9 Å². The van der Waals surface area contributed by atoms with Crippen molar-refractivity contribution in [1.29, 1.82) is 0 Å². The maximum Gasteiger partial charge on any atom is 0.408 e. The average Bonchev–Trinajstić information content (AvgIpc) is 2.24. The van der Waals surface area contributed by atoms with E-state index in [0.717, 1.165) is 4.47 Å². The van der Waals surface area contributed by atoms with Crippen LogP contribution < -0.4 is 5.32 Å². The number of alkyl carbamates (subject to hydrolysis) is 1. The Bertz CT molecular complexity index is 543. The number of halogens is 2. The number of carbonyl (C=O) groups excluding carboxylic acids is 1. The number of nitrogens with one attached hydrogen (secondary N) is 1. The molecule has 2 N–H and O–H groups in total. The van der Waals surface area contributed by atoms with Gasteiger partial charge in [-0.2, -0.15) is 0 Å². The Morgan fingerprint density at radius 1 is 1.43 bits per heavy atom. The Balaban J connectivity index is 2.95. The van der Waals surface area contributed by atoms with E-state index in [-0.39, 0.29) is 6.42 Å². The molecule has 1 aromatic rings. The van der Waals surface area contributed by atoms with Gasteiger partial charge in [0.15, 0.2) is 0 Å². The number of aliphatic carboxylic acids is 1. The molecule has 1 rings (SSSR count). The van der Waals surface area contributed by atoms with Crippen molar-refractivity contribution in [2.24, 2.45) is 0 Å². The van der Waals surface area contributed by atoms with Crippen LogP contribution in [-0.2, 0) is 9.53 Å². The highest BCUT2D eigenvalue weighted by Gasteiger charge is 2.24. The van der Waals surface area contributed by atoms with Crippen LogP contribution in [0.4, 0.5) is 4.79 Å². The van der Waals surface area contributed by atoms with E-state index < -0.39 is 23.7 Å². The van der Waals surface area contributed by atoms with Gasteiger partial charge in [0.25, 0.3) is 0 Å². The second-order valence-corrected chi connectivity index (χ2v) is 7.09. The summed E-state index contributed by atoms with van der Waals surface area (Å²) in [6, 6.07) is 0.938. The summed E-state index contributed by atoms with van der Waals surface area (Å²) in [6.45, 7) is 5.19. The van der Waals surface area contributed by atoms with Gasteiger partial charge in [0, 0.05) is 15.1 Å². The summed E-state index contributed by atoms with van der Waals surface area (Å²) in [5.74, 6) is -1.05. The first kappa shape index (κ1) is 17.9. The fraction of sp³-hybridized carbons (Fsp3) is 0.462. The first-order chi connectivity index (χ1) is 9.58. The number of nitrogens with zero attached hydrogens (tertiary/aromatic N) is 1. The smallest absolute Gasteiger partial charge is 0.408 e. The van der Waals surface area contributed by atoms with E-state index in [9.17, 15) is 9.59 Å². The molecule has 1 amide bonds. The molecule has 0 radical (unpaired) electrons. The maximum atomic E-state index is 11.8. The molecule has 0 aliphatic rings. The molecule has 0 aliphatic heterocycles. The van der Waals surface area contributed by atoms with Gasteiger partial charge in [-0.3, -0.25) is 9.78 Å². The summed E-state index contributed by atoms with van der Waals surface area (Å²) >= 11 is 6.58. The van der Waals surface area contributed by atoms with Crippen LogP contribution in [0.2, 0.25) is 0 Å². The number of carbonyl (C=O) groups is 2. The number of carboxylic acid groups (broad SMARTS) is 1. The minimum atomic E-state index is -1.05. The van der Waals surface area contributed by atoms with E-state index >= 15 is 0 Å². The van der Waals surface area contributed by atoms with Gasteiger partial charge in [-0.15, -0.1) is 0 Å². The van der Waals surface area contributed by atoms with Crippen LogP contribution >= 0.6 is 31.9 Å². The van der Waals surface area contributed by atoms with Crippen molar-refractivity contribution in [1.82, 2.24) is 10.3 Å². The Kier molecular flexibility index (Phi) is 6.15. The third kappa shape index (κ3) is 6.43. The zero-order valence-corrected chi connectivity index (χ0v) is 15.0. The second-order valence-electron chi connectivity index (χ2n) is 5.32. The molecule has 0 spiro atoms. The molecule has 1 unspecified atom stereocenters. The van der Waals surface area contributed by atoms with Gasteiger partial charge in [0.2, 0.25) is 0 Å². The molecule has 0 saturated heterocycles. The van der Waals surface area contributed by atoms with Crippen molar-refractivity contribution < 1.29 is 19.4 Å². The molecule has 0 fully saturated rings. The standard InChI is InChI=1S/C13H16Br2N2O4/c1-13(2,3)21-12(20)17-9(5-10(18)19)11-8(15)4-7(14)6-16-11/h4,6,9H,5H2,1-3H3,(H,17,20)(H,18,19). The Hall–Kier alpha value is -1.15. The van der Waals surface area contributed by atoms with Crippen LogP contribution in [0.15, 0.2) is 21.2 Å². The minimum Gasteiger partial charge on any atom is -0.481 e. The predicted octanol–water partition coefficient (Wildman–Crippen LogP) is 3.65. The van der Waals surface area contributed by atoms with E-state index in [1.165, 1.54) is 6.20 Å². The highest BCUT2D eigenvalue weighted by molar-refractivity contribution is 9.11. The lowest BCUT2D eigenvalue weighted by atomic mass is 10.1. The van der Waals surface area contributed by atoms with Gasteiger partial charge in [-0.1, -0.05) is 0 Å². The summed E-state index contributed by atoms with van der Waals surface area (Å²) in [5, 5.41) is 11.5. The number of rotatable bonds is 4. The molecular weight excluding hydrogens is 408 g/mol. The minimum absolute atomic E-state index is 0.299. The van der Waals surface area contributed by atoms with Crippen LogP contribution in [-0.4, -0.2) is 27.8 Å². The molecule has 1 aromatic heterocycles. The number of ether oxygens (including phenoxy) is 1. The van der Waals surface area contributed by atoms with Gasteiger partial charge in [-0.25, -0.2) is 4.79 Å². The molecule has 116 valence electrons. The summed E-state index contributed by atoms with van der Waals surface area (Å²) < 4.78 is 6.48. The van der Waals surface area contributed by atoms with Crippen LogP contribution in [0, 0.1) is 0 Å². The lowest BCUT2D eigenvalue weighted by Crippen LogP contribution is -2.36. The van der Waals surface area contributed by atoms with Gasteiger partial charge >= 0.3 is 12.1 Å². The zero-order valence-electron chi connectivity index (χ0n) is 11.8. The quantitative estimate of drug-likeness (QED) is 0.771. The van der Waals surface area contributed by atoms with E-state index in [1.54, 1.807) is 26.8 Å². The van der Waals surface area contributed by atoms with Crippen molar-refractivity contribution in [3.63, 3.8) is 0 Å². The van der Waals surface area contributed by atoms with Gasteiger partial charge in [-0.05, 0) is 58.7 Å². The van der Waals surface area contributed by atoms with Gasteiger partial charge < -0.3 is 15.2 Å². The van der Waals surface area contributed by atoms with Crippen molar-refractivity contribution in [2.45, 2.75) is 38.8 Å². The van der Waals surface area contributed by atoms with E-state index in [1.807, 2.05) is 0 Å². The van der Waals surface area contributed by atoms with E-state index in [2.05, 4.69) is 42.2 Å². The molecule has 8 heteroatoms. The van der Waals surface area contributed by atoms with E-state index in [0.29, 0.717) is 10.2 Å². The topological polar surface area (TPSA) is 88.5 Å². The highest BCUT2D eigenvalue weighted by atomic mass is 79.9. The van der Waals surface area contributed by atoms with Gasteiger partial charge in [0.1, 0.15) is 5.60 Å². The highest BCUT2D eigenvalue weighted by Crippen LogP contribution is 2.26. The first-order valence-corrected chi connectivity index (χ1v) is 7.69. The number of hydrogen-bond acceptors (Lipinski definition) is 4. The first-order valence-electron chi connectivity index (χ1n) is 6.11. The summed E-state index contributed by atoms with van der Waals surface area (Å²) in [7, 11) is 0. The number of amides is 1. The molecule has 1 atom stereocenters. The Labute approximate surface area is 139 Å². The maximum absolute atomic E-state index is 11.8. The Morgan fingerprint density at radius 2 is 2.05 bits per heavy atom. The molecule has 1 heterocycles. The SMILES string of the molecule is CC(C)(C)OC(=O)NC(CC(=O)O)c1ncc(Br)cc1Br. The summed E-state index contributed by atoms with van der Waals surface area (Å²) in [5.41, 5.74) is -0.242. The zero-order chi connectivity index (χ0) is 16.2. The molecule has 0 aliphatic carbocycles.